The fourth-order valence-corrected chi connectivity index (χ4v) is 3.34. The summed E-state index contributed by atoms with van der Waals surface area (Å²) < 4.78 is 12.1. The maximum atomic E-state index is 6.27. The highest BCUT2D eigenvalue weighted by atomic mass is 35.5. The number of anilines is 2. The minimum absolute atomic E-state index is 0.161. The smallest absolute Gasteiger partial charge is 0.240 e. The summed E-state index contributed by atoms with van der Waals surface area (Å²) in [5, 5.41) is 4.61. The van der Waals surface area contributed by atoms with E-state index in [1.165, 1.54) is 0 Å². The number of nitrogens with two attached hydrogens (primary N) is 1. The minimum Gasteiger partial charge on any atom is -0.497 e. The first-order valence-electron chi connectivity index (χ1n) is 9.25. The molecule has 0 unspecified atom stereocenters. The quantitative estimate of drug-likeness (QED) is 0.453. The van der Waals surface area contributed by atoms with E-state index < -0.39 is 0 Å². The van der Waals surface area contributed by atoms with Crippen LogP contribution in [0.3, 0.4) is 0 Å². The molecule has 0 spiro atoms. The van der Waals surface area contributed by atoms with E-state index in [1.807, 2.05) is 48.5 Å². The predicted molar refractivity (Wildman–Crippen MR) is 116 cm³/mol. The van der Waals surface area contributed by atoms with Gasteiger partial charge in [-0.05, 0) is 35.4 Å². The standard InChI is InChI=1S/C21H21ClN6O2/c1-29-16-7-3-14(4-8-16)12-27(13-15-5-9-17(30-2)10-6-15)21-24-18(22)11-19-25-20(23)26-28(19)21/h3-11H,12-13H2,1-2H3,(H2,23,26). The highest BCUT2D eigenvalue weighted by Crippen LogP contribution is 2.24. The molecule has 4 aromatic rings. The Labute approximate surface area is 178 Å². The number of nitrogens with zero attached hydrogens (tertiary/aromatic N) is 5. The number of hydrogen-bond acceptors (Lipinski definition) is 7. The van der Waals surface area contributed by atoms with Gasteiger partial charge in [0, 0.05) is 19.2 Å². The summed E-state index contributed by atoms with van der Waals surface area (Å²) in [5.74, 6) is 2.31. The molecular formula is C21H21ClN6O2. The number of fused-ring (bicyclic) bond motifs is 1. The number of benzene rings is 2. The maximum absolute atomic E-state index is 6.27. The van der Waals surface area contributed by atoms with Crippen LogP contribution in [0.4, 0.5) is 11.9 Å². The molecule has 0 aliphatic heterocycles. The van der Waals surface area contributed by atoms with E-state index in [2.05, 4.69) is 20.0 Å². The second kappa shape index (κ2) is 8.46. The van der Waals surface area contributed by atoms with Crippen molar-refractivity contribution < 1.29 is 9.47 Å². The third-order valence-electron chi connectivity index (χ3n) is 4.64. The van der Waals surface area contributed by atoms with Gasteiger partial charge in [-0.15, -0.1) is 5.10 Å². The van der Waals surface area contributed by atoms with Crippen molar-refractivity contribution in [1.82, 2.24) is 19.6 Å². The van der Waals surface area contributed by atoms with Crippen LogP contribution in [0.15, 0.2) is 54.6 Å². The lowest BCUT2D eigenvalue weighted by Gasteiger charge is -2.24. The molecule has 0 aliphatic carbocycles. The van der Waals surface area contributed by atoms with Gasteiger partial charge in [0.1, 0.15) is 16.7 Å². The molecule has 0 atom stereocenters. The topological polar surface area (TPSA) is 90.8 Å². The highest BCUT2D eigenvalue weighted by Gasteiger charge is 2.17. The van der Waals surface area contributed by atoms with Gasteiger partial charge >= 0.3 is 0 Å². The first kappa shape index (κ1) is 19.8. The second-order valence-corrected chi connectivity index (χ2v) is 7.06. The van der Waals surface area contributed by atoms with E-state index in [0.29, 0.717) is 29.8 Å². The van der Waals surface area contributed by atoms with Crippen molar-refractivity contribution in [3.63, 3.8) is 0 Å². The molecule has 2 aromatic carbocycles. The van der Waals surface area contributed by atoms with Crippen LogP contribution < -0.4 is 20.1 Å². The SMILES string of the molecule is COc1ccc(CN(Cc2ccc(OC)cc2)c2nc(Cl)cc3nc(N)nn23)cc1. The van der Waals surface area contributed by atoms with Gasteiger partial charge in [-0.3, -0.25) is 0 Å². The summed E-state index contributed by atoms with van der Waals surface area (Å²) in [6.45, 7) is 1.14. The number of nitrogen functional groups attached to an aromatic ring is 1. The van der Waals surface area contributed by atoms with Gasteiger partial charge in [-0.2, -0.15) is 9.50 Å². The van der Waals surface area contributed by atoms with Crippen LogP contribution in [-0.4, -0.2) is 33.8 Å². The Kier molecular flexibility index (Phi) is 5.58. The van der Waals surface area contributed by atoms with Crippen molar-refractivity contribution in [2.75, 3.05) is 24.9 Å². The summed E-state index contributed by atoms with van der Waals surface area (Å²) in [6.07, 6.45) is 0. The molecule has 8 nitrogen and oxygen atoms in total. The molecule has 0 saturated carbocycles. The zero-order chi connectivity index (χ0) is 21.1. The van der Waals surface area contributed by atoms with Crippen molar-refractivity contribution >= 4 is 29.1 Å². The van der Waals surface area contributed by atoms with Gasteiger partial charge in [-0.25, -0.2) is 4.98 Å². The van der Waals surface area contributed by atoms with Crippen LogP contribution in [-0.2, 0) is 13.1 Å². The normalized spacial score (nSPS) is 10.9. The van der Waals surface area contributed by atoms with Crippen LogP contribution in [0.1, 0.15) is 11.1 Å². The summed E-state index contributed by atoms with van der Waals surface area (Å²) in [6, 6.07) is 17.4. The van der Waals surface area contributed by atoms with Crippen LogP contribution in [0, 0.1) is 0 Å². The van der Waals surface area contributed by atoms with Crippen LogP contribution in [0.25, 0.3) is 5.65 Å². The Morgan fingerprint density at radius 3 is 1.93 bits per heavy atom. The summed E-state index contributed by atoms with van der Waals surface area (Å²) in [4.78, 5) is 10.8. The number of ether oxygens (including phenoxy) is 2. The van der Waals surface area contributed by atoms with Gasteiger partial charge in [0.15, 0.2) is 5.65 Å². The molecule has 0 amide bonds. The monoisotopic (exact) mass is 424 g/mol. The van der Waals surface area contributed by atoms with Crippen molar-refractivity contribution in [1.29, 1.82) is 0 Å². The zero-order valence-corrected chi connectivity index (χ0v) is 17.4. The Bertz CT molecular complexity index is 1100. The van der Waals surface area contributed by atoms with Crippen molar-refractivity contribution in [2.24, 2.45) is 0 Å². The lowest BCUT2D eigenvalue weighted by molar-refractivity contribution is 0.414. The molecule has 4 rings (SSSR count). The molecule has 30 heavy (non-hydrogen) atoms. The zero-order valence-electron chi connectivity index (χ0n) is 16.6. The van der Waals surface area contributed by atoms with Gasteiger partial charge < -0.3 is 20.1 Å². The number of hydrogen-bond donors (Lipinski definition) is 1. The van der Waals surface area contributed by atoms with Gasteiger partial charge in [0.25, 0.3) is 0 Å². The first-order chi connectivity index (χ1) is 14.6. The third-order valence-corrected chi connectivity index (χ3v) is 4.83. The summed E-state index contributed by atoms with van der Waals surface area (Å²) in [7, 11) is 3.29. The van der Waals surface area contributed by atoms with E-state index in [1.54, 1.807) is 24.8 Å². The van der Waals surface area contributed by atoms with E-state index >= 15 is 0 Å². The van der Waals surface area contributed by atoms with Crippen molar-refractivity contribution in [2.45, 2.75) is 13.1 Å². The fraction of sp³-hybridized carbons (Fsp3) is 0.190. The predicted octanol–water partition coefficient (Wildman–Crippen LogP) is 3.58. The highest BCUT2D eigenvalue weighted by molar-refractivity contribution is 6.29. The lowest BCUT2D eigenvalue weighted by atomic mass is 10.1. The van der Waals surface area contributed by atoms with Crippen molar-refractivity contribution in [3.8, 4) is 11.5 Å². The van der Waals surface area contributed by atoms with E-state index in [9.17, 15) is 0 Å². The average molecular weight is 425 g/mol. The molecule has 2 N–H and O–H groups in total. The molecule has 0 bridgehead atoms. The lowest BCUT2D eigenvalue weighted by Crippen LogP contribution is -2.26. The maximum Gasteiger partial charge on any atom is 0.240 e. The molecule has 0 radical (unpaired) electrons. The van der Waals surface area contributed by atoms with Crippen LogP contribution in [0.2, 0.25) is 5.15 Å². The Morgan fingerprint density at radius 1 is 0.900 bits per heavy atom. The molecular weight excluding hydrogens is 404 g/mol. The molecule has 2 heterocycles. The Morgan fingerprint density at radius 2 is 1.43 bits per heavy atom. The largest absolute Gasteiger partial charge is 0.497 e. The van der Waals surface area contributed by atoms with E-state index in [0.717, 1.165) is 22.6 Å². The van der Waals surface area contributed by atoms with Gasteiger partial charge in [-0.1, -0.05) is 35.9 Å². The van der Waals surface area contributed by atoms with Gasteiger partial charge in [0.05, 0.1) is 14.2 Å². The number of halogens is 1. The molecule has 0 fully saturated rings. The van der Waals surface area contributed by atoms with Crippen LogP contribution in [0.5, 0.6) is 11.5 Å². The van der Waals surface area contributed by atoms with Gasteiger partial charge in [0.2, 0.25) is 11.9 Å². The molecule has 9 heteroatoms. The number of aromatic nitrogens is 4. The number of methoxy groups -OCH3 is 2. The molecule has 154 valence electrons. The minimum atomic E-state index is 0.161. The molecule has 0 aliphatic rings. The summed E-state index contributed by atoms with van der Waals surface area (Å²) in [5.41, 5.74) is 8.51. The van der Waals surface area contributed by atoms with E-state index in [4.69, 9.17) is 26.8 Å². The number of rotatable bonds is 7. The third kappa shape index (κ3) is 4.23. The molecule has 2 aromatic heterocycles. The second-order valence-electron chi connectivity index (χ2n) is 6.67. The fourth-order valence-electron chi connectivity index (χ4n) is 3.17. The average Bonchev–Trinajstić information content (AvgIpc) is 3.13. The summed E-state index contributed by atoms with van der Waals surface area (Å²) >= 11 is 6.27. The Balaban J connectivity index is 1.74. The van der Waals surface area contributed by atoms with E-state index in [-0.39, 0.29) is 5.95 Å². The van der Waals surface area contributed by atoms with Crippen LogP contribution >= 0.6 is 11.6 Å². The van der Waals surface area contributed by atoms with Crippen molar-refractivity contribution in [3.05, 3.63) is 70.9 Å². The Hall–Kier alpha value is -3.52. The molecule has 0 saturated heterocycles. The first-order valence-corrected chi connectivity index (χ1v) is 9.63.